The van der Waals surface area contributed by atoms with E-state index >= 15 is 0 Å². The van der Waals surface area contributed by atoms with Crippen molar-refractivity contribution in [1.29, 1.82) is 0 Å². The van der Waals surface area contributed by atoms with E-state index in [-0.39, 0.29) is 11.0 Å². The summed E-state index contributed by atoms with van der Waals surface area (Å²) in [5.74, 6) is 1.41. The van der Waals surface area contributed by atoms with Gasteiger partial charge >= 0.3 is 0 Å². The van der Waals surface area contributed by atoms with Crippen LogP contribution in [0.1, 0.15) is 19.8 Å². The van der Waals surface area contributed by atoms with Gasteiger partial charge in [-0.25, -0.2) is 0 Å². The molecule has 1 atom stereocenters. The van der Waals surface area contributed by atoms with Crippen LogP contribution in [0, 0.1) is 0 Å². The summed E-state index contributed by atoms with van der Waals surface area (Å²) in [4.78, 5) is 11.3. The molecule has 1 aliphatic heterocycles. The summed E-state index contributed by atoms with van der Waals surface area (Å²) in [7, 11) is 0. The first-order chi connectivity index (χ1) is 5.34. The molecule has 1 heterocycles. The lowest BCUT2D eigenvalue weighted by molar-refractivity contribution is -0.122. The maximum absolute atomic E-state index is 11.3. The Hall–Kier alpha value is -0.0200. The van der Waals surface area contributed by atoms with Crippen molar-refractivity contribution < 1.29 is 9.53 Å². The molecule has 1 rings (SSSR count). The summed E-state index contributed by atoms with van der Waals surface area (Å²) in [6, 6.07) is 0. The molecule has 0 aromatic carbocycles. The Morgan fingerprint density at radius 2 is 2.55 bits per heavy atom. The fourth-order valence-electron chi connectivity index (χ4n) is 1.13. The van der Waals surface area contributed by atoms with Gasteiger partial charge in [-0.15, -0.1) is 0 Å². The molecule has 1 saturated heterocycles. The SMILES string of the molecule is CCOCC(=O)C1CCCS1. The average molecular weight is 174 g/mol. The normalized spacial score (nSPS) is 23.9. The van der Waals surface area contributed by atoms with E-state index in [1.54, 1.807) is 11.8 Å². The third-order valence-electron chi connectivity index (χ3n) is 1.74. The van der Waals surface area contributed by atoms with Crippen LogP contribution in [-0.4, -0.2) is 30.0 Å². The highest BCUT2D eigenvalue weighted by atomic mass is 32.2. The lowest BCUT2D eigenvalue weighted by Gasteiger charge is -2.05. The Kier molecular flexibility index (Phi) is 3.94. The number of rotatable bonds is 4. The van der Waals surface area contributed by atoms with Gasteiger partial charge in [0.25, 0.3) is 0 Å². The first kappa shape index (κ1) is 9.07. The number of hydrogen-bond acceptors (Lipinski definition) is 3. The van der Waals surface area contributed by atoms with Crippen molar-refractivity contribution >= 4 is 17.5 Å². The maximum atomic E-state index is 11.3. The highest BCUT2D eigenvalue weighted by Gasteiger charge is 2.22. The Balaban J connectivity index is 2.17. The quantitative estimate of drug-likeness (QED) is 0.646. The Labute approximate surface area is 71.7 Å². The van der Waals surface area contributed by atoms with Crippen LogP contribution in [0.5, 0.6) is 0 Å². The third-order valence-corrected chi connectivity index (χ3v) is 3.16. The molecule has 1 fully saturated rings. The molecule has 0 amide bonds. The monoisotopic (exact) mass is 174 g/mol. The molecule has 3 heteroatoms. The summed E-state index contributed by atoms with van der Waals surface area (Å²) in [6.07, 6.45) is 2.24. The Bertz CT molecular complexity index is 130. The smallest absolute Gasteiger partial charge is 0.171 e. The molecular weight excluding hydrogens is 160 g/mol. The van der Waals surface area contributed by atoms with E-state index in [4.69, 9.17) is 4.74 Å². The summed E-state index contributed by atoms with van der Waals surface area (Å²) in [6.45, 7) is 2.87. The third kappa shape index (κ3) is 2.83. The molecule has 0 aromatic heterocycles. The van der Waals surface area contributed by atoms with Gasteiger partial charge < -0.3 is 4.74 Å². The van der Waals surface area contributed by atoms with Crippen LogP contribution in [0.25, 0.3) is 0 Å². The van der Waals surface area contributed by atoms with Crippen LogP contribution in [0.2, 0.25) is 0 Å². The minimum atomic E-state index is 0.238. The lowest BCUT2D eigenvalue weighted by atomic mass is 10.2. The zero-order valence-electron chi connectivity index (χ0n) is 6.84. The fourth-order valence-corrected chi connectivity index (χ4v) is 2.33. The van der Waals surface area contributed by atoms with Gasteiger partial charge in [0.15, 0.2) is 5.78 Å². The average Bonchev–Trinajstić information content (AvgIpc) is 2.52. The number of thioether (sulfide) groups is 1. The number of ether oxygens (including phenoxy) is 1. The van der Waals surface area contributed by atoms with E-state index in [1.807, 2.05) is 6.92 Å². The van der Waals surface area contributed by atoms with Crippen LogP contribution in [0.3, 0.4) is 0 Å². The zero-order valence-corrected chi connectivity index (χ0v) is 7.65. The molecule has 2 nitrogen and oxygen atoms in total. The number of hydrogen-bond donors (Lipinski definition) is 0. The molecule has 11 heavy (non-hydrogen) atoms. The molecule has 0 radical (unpaired) electrons. The molecule has 0 N–H and O–H groups in total. The second-order valence-electron chi connectivity index (χ2n) is 2.61. The fraction of sp³-hybridized carbons (Fsp3) is 0.875. The first-order valence-electron chi connectivity index (χ1n) is 4.06. The minimum absolute atomic E-state index is 0.238. The molecule has 1 unspecified atom stereocenters. The summed E-state index contributed by atoms with van der Waals surface area (Å²) < 4.78 is 5.04. The molecular formula is C8H14O2S. The van der Waals surface area contributed by atoms with Crippen LogP contribution in [-0.2, 0) is 9.53 Å². The molecule has 1 aliphatic rings. The molecule has 0 aliphatic carbocycles. The van der Waals surface area contributed by atoms with Gasteiger partial charge in [0.2, 0.25) is 0 Å². The van der Waals surface area contributed by atoms with Gasteiger partial charge in [0, 0.05) is 6.61 Å². The Morgan fingerprint density at radius 1 is 1.73 bits per heavy atom. The Morgan fingerprint density at radius 3 is 3.09 bits per heavy atom. The number of Topliss-reactive ketones (excluding diaryl/α,β-unsaturated/α-hetero) is 1. The van der Waals surface area contributed by atoms with Crippen molar-refractivity contribution in [3.05, 3.63) is 0 Å². The van der Waals surface area contributed by atoms with Crippen LogP contribution >= 0.6 is 11.8 Å². The first-order valence-corrected chi connectivity index (χ1v) is 5.11. The molecule has 0 bridgehead atoms. The number of carbonyl (C=O) groups excluding carboxylic acids is 1. The van der Waals surface area contributed by atoms with Crippen molar-refractivity contribution in [3.8, 4) is 0 Å². The summed E-state index contributed by atoms with van der Waals surface area (Å²) >= 11 is 1.77. The van der Waals surface area contributed by atoms with E-state index in [1.165, 1.54) is 6.42 Å². The number of ketones is 1. The molecule has 64 valence electrons. The lowest BCUT2D eigenvalue weighted by Crippen LogP contribution is -2.19. The van der Waals surface area contributed by atoms with Crippen molar-refractivity contribution in [2.24, 2.45) is 0 Å². The highest BCUT2D eigenvalue weighted by Crippen LogP contribution is 2.26. The number of carbonyl (C=O) groups is 1. The van der Waals surface area contributed by atoms with Crippen molar-refractivity contribution in [2.75, 3.05) is 19.0 Å². The van der Waals surface area contributed by atoms with E-state index in [0.29, 0.717) is 13.2 Å². The van der Waals surface area contributed by atoms with Gasteiger partial charge in [0.05, 0.1) is 5.25 Å². The summed E-state index contributed by atoms with van der Waals surface area (Å²) in [5, 5.41) is 0.238. The van der Waals surface area contributed by atoms with Crippen LogP contribution in [0.4, 0.5) is 0 Å². The predicted octanol–water partition coefficient (Wildman–Crippen LogP) is 1.49. The highest BCUT2D eigenvalue weighted by molar-refractivity contribution is 8.00. The predicted molar refractivity (Wildman–Crippen MR) is 47.0 cm³/mol. The second kappa shape index (κ2) is 4.78. The van der Waals surface area contributed by atoms with Gasteiger partial charge in [-0.1, -0.05) is 0 Å². The van der Waals surface area contributed by atoms with Crippen LogP contribution in [0.15, 0.2) is 0 Å². The van der Waals surface area contributed by atoms with Gasteiger partial charge in [0.1, 0.15) is 6.61 Å². The standard InChI is InChI=1S/C8H14O2S/c1-2-10-6-7(9)8-4-3-5-11-8/h8H,2-6H2,1H3. The van der Waals surface area contributed by atoms with Crippen molar-refractivity contribution in [1.82, 2.24) is 0 Å². The molecule has 0 saturated carbocycles. The largest absolute Gasteiger partial charge is 0.374 e. The minimum Gasteiger partial charge on any atom is -0.374 e. The van der Waals surface area contributed by atoms with E-state index in [2.05, 4.69) is 0 Å². The van der Waals surface area contributed by atoms with E-state index in [0.717, 1.165) is 12.2 Å². The van der Waals surface area contributed by atoms with Gasteiger partial charge in [-0.2, -0.15) is 11.8 Å². The van der Waals surface area contributed by atoms with Gasteiger partial charge in [-0.05, 0) is 25.5 Å². The van der Waals surface area contributed by atoms with Crippen LogP contribution < -0.4 is 0 Å². The maximum Gasteiger partial charge on any atom is 0.171 e. The second-order valence-corrected chi connectivity index (χ2v) is 3.92. The van der Waals surface area contributed by atoms with Crippen molar-refractivity contribution in [2.45, 2.75) is 25.0 Å². The van der Waals surface area contributed by atoms with Gasteiger partial charge in [-0.3, -0.25) is 4.79 Å². The molecule has 0 aromatic rings. The topological polar surface area (TPSA) is 26.3 Å². The van der Waals surface area contributed by atoms with E-state index in [9.17, 15) is 4.79 Å². The molecule has 0 spiro atoms. The van der Waals surface area contributed by atoms with Crippen molar-refractivity contribution in [3.63, 3.8) is 0 Å². The zero-order chi connectivity index (χ0) is 8.10. The summed E-state index contributed by atoms with van der Waals surface area (Å²) in [5.41, 5.74) is 0. The van der Waals surface area contributed by atoms with E-state index < -0.39 is 0 Å².